The van der Waals surface area contributed by atoms with E-state index in [1.54, 1.807) is 12.3 Å². The van der Waals surface area contributed by atoms with Gasteiger partial charge < -0.3 is 4.74 Å². The van der Waals surface area contributed by atoms with Crippen molar-refractivity contribution < 1.29 is 14.3 Å². The van der Waals surface area contributed by atoms with Crippen molar-refractivity contribution in [3.63, 3.8) is 0 Å². The zero-order valence-electron chi connectivity index (χ0n) is 12.2. The molecule has 1 heterocycles. The third-order valence-electron chi connectivity index (χ3n) is 3.54. The molecule has 0 saturated heterocycles. The van der Waals surface area contributed by atoms with E-state index < -0.39 is 6.09 Å². The first kappa shape index (κ1) is 15.5. The van der Waals surface area contributed by atoms with Gasteiger partial charge in [-0.3, -0.25) is 9.36 Å². The maximum atomic E-state index is 12.4. The van der Waals surface area contributed by atoms with Crippen molar-refractivity contribution in [3.05, 3.63) is 71.9 Å². The number of benzene rings is 2. The number of Topliss-reactive ketones (excluding diaryl/α,β-unsaturated/α-hetero) is 1. The number of ether oxygens (including phenoxy) is 1. The predicted molar refractivity (Wildman–Crippen MR) is 92.1 cm³/mol. The van der Waals surface area contributed by atoms with Gasteiger partial charge in [-0.1, -0.05) is 64.5 Å². The molecule has 0 aliphatic carbocycles. The number of para-hydroxylation sites is 1. The third-order valence-corrected chi connectivity index (χ3v) is 4.04. The molecule has 3 aromatic rings. The highest BCUT2D eigenvalue weighted by atomic mass is 79.9. The zero-order valence-corrected chi connectivity index (χ0v) is 13.8. The average molecular weight is 372 g/mol. The number of nitrogens with zero attached hydrogens (tertiary/aromatic N) is 1. The van der Waals surface area contributed by atoms with Crippen molar-refractivity contribution in [1.82, 2.24) is 4.57 Å². The Bertz CT molecular complexity index is 855. The fraction of sp³-hybridized carbons (Fsp3) is 0.111. The summed E-state index contributed by atoms with van der Waals surface area (Å²) in [5.74, 6) is -0.0733. The van der Waals surface area contributed by atoms with Crippen LogP contribution in [0.15, 0.2) is 60.8 Å². The van der Waals surface area contributed by atoms with Crippen LogP contribution >= 0.6 is 15.9 Å². The summed E-state index contributed by atoms with van der Waals surface area (Å²) >= 11 is 3.17. The van der Waals surface area contributed by atoms with E-state index in [2.05, 4.69) is 15.9 Å². The van der Waals surface area contributed by atoms with Crippen molar-refractivity contribution in [2.24, 2.45) is 0 Å². The van der Waals surface area contributed by atoms with Crippen molar-refractivity contribution in [2.75, 3.05) is 5.33 Å². The highest BCUT2D eigenvalue weighted by Gasteiger charge is 2.18. The highest BCUT2D eigenvalue weighted by molar-refractivity contribution is 9.09. The van der Waals surface area contributed by atoms with E-state index in [1.807, 2.05) is 48.5 Å². The van der Waals surface area contributed by atoms with Gasteiger partial charge in [0.25, 0.3) is 0 Å². The summed E-state index contributed by atoms with van der Waals surface area (Å²) in [7, 11) is 0. The number of aromatic nitrogens is 1. The van der Waals surface area contributed by atoms with E-state index in [9.17, 15) is 9.59 Å². The maximum Gasteiger partial charge on any atom is 0.418 e. The van der Waals surface area contributed by atoms with Crippen molar-refractivity contribution >= 4 is 38.7 Å². The molecule has 116 valence electrons. The van der Waals surface area contributed by atoms with Crippen LogP contribution in [-0.4, -0.2) is 21.8 Å². The number of carbonyl (C=O) groups is 2. The van der Waals surface area contributed by atoms with Gasteiger partial charge >= 0.3 is 6.09 Å². The standard InChI is InChI=1S/C18H14BrNO3/c19-10-17(21)15-11-20(16-9-5-4-8-14(15)16)18(22)23-12-13-6-2-1-3-7-13/h1-9,11H,10,12H2. The monoisotopic (exact) mass is 371 g/mol. The van der Waals surface area contributed by atoms with Crippen molar-refractivity contribution in [3.8, 4) is 0 Å². The van der Waals surface area contributed by atoms with Gasteiger partial charge in [0.15, 0.2) is 5.78 Å². The molecule has 0 bridgehead atoms. The summed E-state index contributed by atoms with van der Waals surface area (Å²) in [5.41, 5.74) is 2.08. The van der Waals surface area contributed by atoms with Gasteiger partial charge in [0.05, 0.1) is 10.8 Å². The lowest BCUT2D eigenvalue weighted by molar-refractivity contribution is 0.102. The van der Waals surface area contributed by atoms with Gasteiger partial charge in [0.2, 0.25) is 0 Å². The number of halogens is 1. The number of fused-ring (bicyclic) bond motifs is 1. The smallest absolute Gasteiger partial charge is 0.418 e. The first-order chi connectivity index (χ1) is 11.2. The van der Waals surface area contributed by atoms with Gasteiger partial charge in [-0.2, -0.15) is 0 Å². The van der Waals surface area contributed by atoms with Crippen LogP contribution in [0.25, 0.3) is 10.9 Å². The molecule has 0 unspecified atom stereocenters. The number of carbonyl (C=O) groups excluding carboxylic acids is 2. The van der Waals surface area contributed by atoms with E-state index in [-0.39, 0.29) is 17.7 Å². The Labute approximate surface area is 141 Å². The van der Waals surface area contributed by atoms with E-state index in [0.29, 0.717) is 11.1 Å². The molecule has 3 rings (SSSR count). The summed E-state index contributed by atoms with van der Waals surface area (Å²) in [6, 6.07) is 16.8. The predicted octanol–water partition coefficient (Wildman–Crippen LogP) is 4.40. The Balaban J connectivity index is 1.90. The third kappa shape index (κ3) is 3.19. The van der Waals surface area contributed by atoms with Crippen molar-refractivity contribution in [1.29, 1.82) is 0 Å². The summed E-state index contributed by atoms with van der Waals surface area (Å²) < 4.78 is 6.73. The second-order valence-electron chi connectivity index (χ2n) is 5.03. The molecule has 0 saturated carbocycles. The van der Waals surface area contributed by atoms with Crippen LogP contribution in [0.3, 0.4) is 0 Å². The molecule has 0 fully saturated rings. The van der Waals surface area contributed by atoms with Crippen LogP contribution in [-0.2, 0) is 11.3 Å². The minimum atomic E-state index is -0.501. The molecule has 0 amide bonds. The lowest BCUT2D eigenvalue weighted by Gasteiger charge is -2.06. The fourth-order valence-corrected chi connectivity index (χ4v) is 2.72. The molecule has 0 spiro atoms. The number of ketones is 1. The van der Waals surface area contributed by atoms with Crippen molar-refractivity contribution in [2.45, 2.75) is 6.61 Å². The molecule has 0 aliphatic rings. The summed E-state index contributed by atoms with van der Waals surface area (Å²) in [4.78, 5) is 24.4. The lowest BCUT2D eigenvalue weighted by Crippen LogP contribution is -2.12. The van der Waals surface area contributed by atoms with Crippen LogP contribution < -0.4 is 0 Å². The maximum absolute atomic E-state index is 12.4. The Hall–Kier alpha value is -2.40. The van der Waals surface area contributed by atoms with E-state index >= 15 is 0 Å². The molecule has 2 aromatic carbocycles. The largest absolute Gasteiger partial charge is 0.444 e. The quantitative estimate of drug-likeness (QED) is 0.504. The van der Waals surface area contributed by atoms with E-state index in [1.165, 1.54) is 4.57 Å². The molecule has 0 aliphatic heterocycles. The molecular weight excluding hydrogens is 358 g/mol. The minimum Gasteiger partial charge on any atom is -0.444 e. The molecule has 1 aromatic heterocycles. The zero-order chi connectivity index (χ0) is 16.2. The van der Waals surface area contributed by atoms with Gasteiger partial charge in [0, 0.05) is 17.1 Å². The molecular formula is C18H14BrNO3. The van der Waals surface area contributed by atoms with Gasteiger partial charge in [-0.15, -0.1) is 0 Å². The number of rotatable bonds is 4. The van der Waals surface area contributed by atoms with E-state index in [4.69, 9.17) is 4.74 Å². The number of alkyl halides is 1. The highest BCUT2D eigenvalue weighted by Crippen LogP contribution is 2.22. The first-order valence-corrected chi connectivity index (χ1v) is 8.23. The van der Waals surface area contributed by atoms with Crippen LogP contribution in [0.5, 0.6) is 0 Å². The lowest BCUT2D eigenvalue weighted by atomic mass is 10.1. The first-order valence-electron chi connectivity index (χ1n) is 7.11. The average Bonchev–Trinajstić information content (AvgIpc) is 3.00. The van der Waals surface area contributed by atoms with Crippen LogP contribution in [0.4, 0.5) is 4.79 Å². The van der Waals surface area contributed by atoms with Gasteiger partial charge in [-0.25, -0.2) is 4.79 Å². The van der Waals surface area contributed by atoms with Gasteiger partial charge in [0.1, 0.15) is 6.61 Å². The second-order valence-corrected chi connectivity index (χ2v) is 5.59. The molecule has 23 heavy (non-hydrogen) atoms. The minimum absolute atomic E-state index is 0.0733. The fourth-order valence-electron chi connectivity index (χ4n) is 2.41. The molecule has 4 nitrogen and oxygen atoms in total. The Morgan fingerprint density at radius 2 is 1.70 bits per heavy atom. The number of hydrogen-bond acceptors (Lipinski definition) is 3. The van der Waals surface area contributed by atoms with E-state index in [0.717, 1.165) is 10.9 Å². The topological polar surface area (TPSA) is 48.3 Å². The summed E-state index contributed by atoms with van der Waals surface area (Å²) in [6.45, 7) is 0.188. The van der Waals surface area contributed by atoms with Crippen LogP contribution in [0.1, 0.15) is 15.9 Å². The Morgan fingerprint density at radius 1 is 1.00 bits per heavy atom. The molecule has 5 heteroatoms. The summed E-state index contributed by atoms with van der Waals surface area (Å²) in [5, 5.41) is 0.952. The Morgan fingerprint density at radius 3 is 2.43 bits per heavy atom. The molecule has 0 radical (unpaired) electrons. The van der Waals surface area contributed by atoms with Gasteiger partial charge in [-0.05, 0) is 11.6 Å². The molecule has 0 N–H and O–H groups in total. The number of hydrogen-bond donors (Lipinski definition) is 0. The SMILES string of the molecule is O=C(CBr)c1cn(C(=O)OCc2ccccc2)c2ccccc12. The molecule has 0 atom stereocenters. The van der Waals surface area contributed by atoms with Crippen LogP contribution in [0, 0.1) is 0 Å². The second kappa shape index (κ2) is 6.79. The normalized spacial score (nSPS) is 10.7. The summed E-state index contributed by atoms with van der Waals surface area (Å²) in [6.07, 6.45) is 1.04. The van der Waals surface area contributed by atoms with Crippen LogP contribution in [0.2, 0.25) is 0 Å². The Kier molecular flexibility index (Phi) is 4.57.